The van der Waals surface area contributed by atoms with Gasteiger partial charge >= 0.3 is 0 Å². The molecule has 0 N–H and O–H groups in total. The zero-order chi connectivity index (χ0) is 40.6. The molecule has 2 nitrogen and oxygen atoms in total. The lowest BCUT2D eigenvalue weighted by molar-refractivity contribution is 0.195. The second kappa shape index (κ2) is 11.3. The lowest BCUT2D eigenvalue weighted by Crippen LogP contribution is -2.63. The van der Waals surface area contributed by atoms with Crippen molar-refractivity contribution in [2.75, 3.05) is 4.90 Å². The maximum absolute atomic E-state index is 2.80. The van der Waals surface area contributed by atoms with E-state index in [-0.39, 0.29) is 39.3 Å². The van der Waals surface area contributed by atoms with Gasteiger partial charge in [-0.2, -0.15) is 0 Å². The van der Waals surface area contributed by atoms with E-state index in [1.54, 1.807) is 5.56 Å². The van der Waals surface area contributed by atoms with Crippen LogP contribution in [0.3, 0.4) is 0 Å². The normalized spacial score (nSPS) is 22.1. The molecular formula is C54H63BN2. The Balaban J connectivity index is 1.31. The molecule has 0 bridgehead atoms. The molecule has 4 aliphatic rings. The van der Waals surface area contributed by atoms with Crippen molar-refractivity contribution < 1.29 is 0 Å². The van der Waals surface area contributed by atoms with E-state index in [9.17, 15) is 0 Å². The molecule has 0 spiro atoms. The van der Waals surface area contributed by atoms with Crippen LogP contribution in [-0.2, 0) is 27.1 Å². The maximum Gasteiger partial charge on any atom is 0.247 e. The van der Waals surface area contributed by atoms with Crippen LogP contribution in [0.1, 0.15) is 155 Å². The Labute approximate surface area is 343 Å². The summed E-state index contributed by atoms with van der Waals surface area (Å²) in [7, 11) is 0. The zero-order valence-electron chi connectivity index (χ0n) is 37.3. The summed E-state index contributed by atoms with van der Waals surface area (Å²) in [5, 5.41) is 2.78. The Morgan fingerprint density at radius 3 is 1.86 bits per heavy atom. The minimum Gasteiger partial charge on any atom is -0.334 e. The molecule has 10 rings (SSSR count). The highest BCUT2D eigenvalue weighted by molar-refractivity contribution is 6.99. The fourth-order valence-electron chi connectivity index (χ4n) is 12.0. The van der Waals surface area contributed by atoms with Crippen LogP contribution >= 0.6 is 0 Å². The van der Waals surface area contributed by atoms with Crippen LogP contribution < -0.4 is 21.3 Å². The summed E-state index contributed by atoms with van der Waals surface area (Å²) in [5.74, 6) is 0. The van der Waals surface area contributed by atoms with Gasteiger partial charge in [-0.1, -0.05) is 138 Å². The van der Waals surface area contributed by atoms with Crippen LogP contribution in [0.2, 0.25) is 0 Å². The van der Waals surface area contributed by atoms with Crippen molar-refractivity contribution in [2.24, 2.45) is 0 Å². The lowest BCUT2D eigenvalue weighted by Gasteiger charge is -2.50. The Bertz CT molecular complexity index is 2700. The summed E-state index contributed by atoms with van der Waals surface area (Å²) in [6.45, 7) is 33.9. The average molecular weight is 751 g/mol. The third-order valence-electron chi connectivity index (χ3n) is 15.7. The van der Waals surface area contributed by atoms with Gasteiger partial charge in [-0.15, -0.1) is 0 Å². The molecule has 1 saturated carbocycles. The van der Waals surface area contributed by atoms with E-state index >= 15 is 0 Å². The van der Waals surface area contributed by atoms with E-state index < -0.39 is 0 Å². The quantitative estimate of drug-likeness (QED) is 0.152. The summed E-state index contributed by atoms with van der Waals surface area (Å²) < 4.78 is 2.66. The summed E-state index contributed by atoms with van der Waals surface area (Å²) in [4.78, 5) is 2.80. The molecule has 0 amide bonds. The van der Waals surface area contributed by atoms with Crippen LogP contribution in [0, 0.1) is 6.92 Å². The Morgan fingerprint density at radius 2 is 1.19 bits per heavy atom. The largest absolute Gasteiger partial charge is 0.334 e. The number of rotatable bonds is 1. The molecule has 1 aromatic heterocycles. The molecule has 3 heteroatoms. The van der Waals surface area contributed by atoms with Crippen LogP contribution in [0.4, 0.5) is 11.4 Å². The van der Waals surface area contributed by atoms with Gasteiger partial charge < -0.3 is 9.47 Å². The molecule has 6 aromatic rings. The van der Waals surface area contributed by atoms with Crippen molar-refractivity contribution in [3.05, 3.63) is 118 Å². The Morgan fingerprint density at radius 1 is 0.561 bits per heavy atom. The van der Waals surface area contributed by atoms with Gasteiger partial charge in [0.2, 0.25) is 6.71 Å². The summed E-state index contributed by atoms with van der Waals surface area (Å²) in [5.41, 5.74) is 21.5. The van der Waals surface area contributed by atoms with Crippen LogP contribution in [0.25, 0.3) is 27.5 Å². The molecule has 5 aromatic carbocycles. The van der Waals surface area contributed by atoms with Crippen LogP contribution in [-0.4, -0.2) is 16.8 Å². The van der Waals surface area contributed by atoms with E-state index in [1.807, 2.05) is 0 Å². The molecule has 2 unspecified atom stereocenters. The summed E-state index contributed by atoms with van der Waals surface area (Å²) in [6, 6.07) is 32.6. The van der Waals surface area contributed by atoms with Gasteiger partial charge in [0, 0.05) is 44.2 Å². The summed E-state index contributed by atoms with van der Waals surface area (Å²) >= 11 is 0. The number of hydrogen-bond acceptors (Lipinski definition) is 1. The Kier molecular flexibility index (Phi) is 7.33. The molecule has 1 aliphatic carbocycles. The zero-order valence-corrected chi connectivity index (χ0v) is 37.3. The van der Waals surface area contributed by atoms with Crippen LogP contribution in [0.15, 0.2) is 78.9 Å². The van der Waals surface area contributed by atoms with Crippen molar-refractivity contribution in [3.63, 3.8) is 0 Å². The highest BCUT2D eigenvalue weighted by Gasteiger charge is 2.59. The first-order valence-electron chi connectivity index (χ1n) is 21.9. The molecule has 1 fully saturated rings. The molecule has 57 heavy (non-hydrogen) atoms. The topological polar surface area (TPSA) is 8.17 Å². The Hall–Kier alpha value is -4.24. The van der Waals surface area contributed by atoms with E-state index in [2.05, 4.69) is 185 Å². The number of aryl methyl sites for hydroxylation is 1. The first-order chi connectivity index (χ1) is 26.6. The van der Waals surface area contributed by atoms with Gasteiger partial charge in [-0.25, -0.2) is 0 Å². The third kappa shape index (κ3) is 4.84. The van der Waals surface area contributed by atoms with Gasteiger partial charge in [-0.3, -0.25) is 0 Å². The summed E-state index contributed by atoms with van der Waals surface area (Å²) in [6.07, 6.45) is 4.98. The fourth-order valence-corrected chi connectivity index (χ4v) is 12.0. The van der Waals surface area contributed by atoms with Gasteiger partial charge in [0.05, 0.1) is 11.1 Å². The first-order valence-corrected chi connectivity index (χ1v) is 21.9. The number of aromatic nitrogens is 1. The molecule has 4 heterocycles. The monoisotopic (exact) mass is 751 g/mol. The first kappa shape index (κ1) is 37.1. The lowest BCUT2D eigenvalue weighted by atomic mass is 9.30. The maximum atomic E-state index is 2.80. The molecule has 2 atom stereocenters. The third-order valence-corrected chi connectivity index (χ3v) is 15.7. The number of nitrogens with zero attached hydrogens (tertiary/aromatic N) is 2. The predicted molar refractivity (Wildman–Crippen MR) is 248 cm³/mol. The highest BCUT2D eigenvalue weighted by Crippen LogP contribution is 2.61. The number of benzene rings is 5. The number of hydrogen-bond donors (Lipinski definition) is 0. The van der Waals surface area contributed by atoms with Crippen molar-refractivity contribution in [3.8, 4) is 5.69 Å². The molecule has 3 aliphatic heterocycles. The van der Waals surface area contributed by atoms with Gasteiger partial charge in [0.1, 0.15) is 0 Å². The minimum absolute atomic E-state index is 0.00621. The van der Waals surface area contributed by atoms with Crippen molar-refractivity contribution >= 4 is 56.3 Å². The fraction of sp³-hybridized carbons (Fsp3) is 0.444. The minimum atomic E-state index is -0.186. The standard InChI is InChI=1S/C54H63BN2/c1-32-25-41-47-46(26-32)56-44-22-19-34(50(5,6)7)27-37(44)38-28-35(51(8,9)10)29-43(48(38)56)55(47)42-30-40-45(31-39(42)52(41,11)12)57(54(14)24-16-15-23-53(40,54)13)36-20-17-33(18-21-36)49(2,3)4/h17-22,25-31H,15-16,23-24H2,1-14H3. The molecule has 0 radical (unpaired) electrons. The van der Waals surface area contributed by atoms with Gasteiger partial charge in [0.15, 0.2) is 0 Å². The van der Waals surface area contributed by atoms with E-state index in [4.69, 9.17) is 0 Å². The van der Waals surface area contributed by atoms with Crippen molar-refractivity contribution in [1.29, 1.82) is 0 Å². The highest BCUT2D eigenvalue weighted by atomic mass is 15.3. The van der Waals surface area contributed by atoms with Gasteiger partial charge in [0.25, 0.3) is 0 Å². The van der Waals surface area contributed by atoms with Crippen molar-refractivity contribution in [2.45, 2.75) is 155 Å². The second-order valence-corrected chi connectivity index (χ2v) is 22.7. The SMILES string of the molecule is Cc1cc2c3c(c1)C(C)(C)c1cc4c(cc1B3c1cc(C(C)(C)C)cc3c5cc(C(C)(C)C)ccc5n-2c13)C1(C)CCCCC1(C)N4c1ccc(C(C)(C)C)cc1. The number of anilines is 2. The molecular weight excluding hydrogens is 687 g/mol. The van der Waals surface area contributed by atoms with E-state index in [0.29, 0.717) is 0 Å². The van der Waals surface area contributed by atoms with Crippen molar-refractivity contribution in [1.82, 2.24) is 4.57 Å². The number of fused-ring (bicyclic) bond motifs is 10. The smallest absolute Gasteiger partial charge is 0.247 e. The molecule has 292 valence electrons. The molecule has 0 saturated heterocycles. The predicted octanol–water partition coefficient (Wildman–Crippen LogP) is 12.2. The van der Waals surface area contributed by atoms with Gasteiger partial charge in [-0.05, 0) is 135 Å². The van der Waals surface area contributed by atoms with E-state index in [0.717, 1.165) is 0 Å². The second-order valence-electron chi connectivity index (χ2n) is 22.7. The average Bonchev–Trinajstić information content (AvgIpc) is 3.56. The van der Waals surface area contributed by atoms with E-state index in [1.165, 1.54) is 114 Å². The van der Waals surface area contributed by atoms with Crippen LogP contribution in [0.5, 0.6) is 0 Å².